The van der Waals surface area contributed by atoms with Gasteiger partial charge in [0.1, 0.15) is 12.8 Å². The average molecular weight is 320 g/mol. The van der Waals surface area contributed by atoms with Crippen LogP contribution in [-0.2, 0) is 4.84 Å². The van der Waals surface area contributed by atoms with E-state index in [9.17, 15) is 4.79 Å². The highest BCUT2D eigenvalue weighted by Crippen LogP contribution is 2.34. The van der Waals surface area contributed by atoms with Crippen molar-refractivity contribution in [3.63, 3.8) is 0 Å². The number of carbonyl (C=O) groups excluding carboxylic acids is 1. The first kappa shape index (κ1) is 15.1. The molecule has 1 saturated heterocycles. The van der Waals surface area contributed by atoms with Crippen LogP contribution in [0, 0.1) is 6.92 Å². The molecule has 1 fully saturated rings. The molecule has 3 unspecified atom stereocenters. The number of hydrogen-bond acceptors (Lipinski definition) is 3. The van der Waals surface area contributed by atoms with E-state index in [1.165, 1.54) is 10.6 Å². The highest BCUT2D eigenvalue weighted by Gasteiger charge is 2.39. The minimum Gasteiger partial charge on any atom is -0.270 e. The second-order valence-electron chi connectivity index (χ2n) is 6.32. The Balaban J connectivity index is 1.59. The third-order valence-corrected chi connectivity index (χ3v) is 4.56. The lowest BCUT2D eigenvalue weighted by molar-refractivity contribution is -0.232. The van der Waals surface area contributed by atoms with Gasteiger partial charge < -0.3 is 0 Å². The molecule has 2 aromatic carbocycles. The number of hydroxylamine groups is 2. The van der Waals surface area contributed by atoms with E-state index in [4.69, 9.17) is 4.84 Å². The number of amides is 1. The molecule has 0 N–H and O–H groups in total. The van der Waals surface area contributed by atoms with Crippen molar-refractivity contribution < 1.29 is 9.63 Å². The topological polar surface area (TPSA) is 32.8 Å². The lowest BCUT2D eigenvalue weighted by Crippen LogP contribution is -2.55. The normalized spacial score (nSPS) is 25.5. The first-order chi connectivity index (χ1) is 11.7. The molecule has 0 radical (unpaired) electrons. The number of hydrogen-bond donors (Lipinski definition) is 0. The summed E-state index contributed by atoms with van der Waals surface area (Å²) in [6, 6.07) is 18.1. The quantitative estimate of drug-likeness (QED) is 0.796. The summed E-state index contributed by atoms with van der Waals surface area (Å²) in [5.41, 5.74) is 2.95. The molecule has 1 amide bonds. The summed E-state index contributed by atoms with van der Waals surface area (Å²) in [6.45, 7) is 3.27. The molecule has 2 heterocycles. The summed E-state index contributed by atoms with van der Waals surface area (Å²) in [4.78, 5) is 21.1. The fourth-order valence-electron chi connectivity index (χ4n) is 3.43. The van der Waals surface area contributed by atoms with Crippen molar-refractivity contribution in [2.75, 3.05) is 13.2 Å². The van der Waals surface area contributed by atoms with Gasteiger partial charge in [0.2, 0.25) is 0 Å². The van der Waals surface area contributed by atoms with Gasteiger partial charge in [-0.3, -0.25) is 14.5 Å². The Morgan fingerprint density at radius 2 is 1.96 bits per heavy atom. The van der Waals surface area contributed by atoms with Gasteiger partial charge >= 0.3 is 0 Å². The lowest BCUT2D eigenvalue weighted by atomic mass is 9.96. The largest absolute Gasteiger partial charge is 0.278 e. The van der Waals surface area contributed by atoms with Crippen LogP contribution >= 0.6 is 0 Å². The van der Waals surface area contributed by atoms with Crippen molar-refractivity contribution >= 4 is 5.91 Å². The zero-order chi connectivity index (χ0) is 16.5. The molecule has 122 valence electrons. The second-order valence-corrected chi connectivity index (χ2v) is 6.32. The maximum Gasteiger partial charge on any atom is 0.278 e. The Hall–Kier alpha value is -2.43. The SMILES string of the molecule is Cc1cccc(C(=O)N2CN3CC=CC(O2)C3c2ccccc2)c1. The fourth-order valence-corrected chi connectivity index (χ4v) is 3.43. The number of nitrogens with zero attached hydrogens (tertiary/aromatic N) is 2. The third-order valence-electron chi connectivity index (χ3n) is 4.56. The Morgan fingerprint density at radius 1 is 1.12 bits per heavy atom. The molecule has 0 saturated carbocycles. The van der Waals surface area contributed by atoms with E-state index in [0.29, 0.717) is 12.2 Å². The van der Waals surface area contributed by atoms with Crippen molar-refractivity contribution in [2.45, 2.75) is 19.1 Å². The smallest absolute Gasteiger partial charge is 0.270 e. The molecule has 0 spiro atoms. The maximum absolute atomic E-state index is 12.8. The van der Waals surface area contributed by atoms with Crippen LogP contribution in [0.2, 0.25) is 0 Å². The van der Waals surface area contributed by atoms with Crippen LogP contribution in [0.15, 0.2) is 66.7 Å². The van der Waals surface area contributed by atoms with Gasteiger partial charge in [-0.2, -0.15) is 0 Å². The van der Waals surface area contributed by atoms with Gasteiger partial charge in [0.05, 0.1) is 6.04 Å². The van der Waals surface area contributed by atoms with E-state index in [0.717, 1.165) is 12.1 Å². The molecule has 0 aromatic heterocycles. The van der Waals surface area contributed by atoms with Crippen molar-refractivity contribution in [3.05, 3.63) is 83.4 Å². The summed E-state index contributed by atoms with van der Waals surface area (Å²) in [5, 5.41) is 1.49. The monoisotopic (exact) mass is 320 g/mol. The van der Waals surface area contributed by atoms with Crippen molar-refractivity contribution in [1.29, 1.82) is 0 Å². The van der Waals surface area contributed by atoms with Crippen molar-refractivity contribution in [3.8, 4) is 0 Å². The molecule has 2 aromatic rings. The summed E-state index contributed by atoms with van der Waals surface area (Å²) >= 11 is 0. The second kappa shape index (κ2) is 6.23. The minimum absolute atomic E-state index is 0.0875. The molecule has 24 heavy (non-hydrogen) atoms. The molecule has 4 nitrogen and oxygen atoms in total. The molecule has 0 aliphatic carbocycles. The fraction of sp³-hybridized carbons (Fsp3) is 0.250. The predicted molar refractivity (Wildman–Crippen MR) is 92.1 cm³/mol. The van der Waals surface area contributed by atoms with Crippen LogP contribution in [-0.4, -0.2) is 35.2 Å². The predicted octanol–water partition coefficient (Wildman–Crippen LogP) is 3.32. The Morgan fingerprint density at radius 3 is 2.71 bits per heavy atom. The molecule has 4 rings (SSSR count). The minimum atomic E-state index is -0.149. The number of aryl methyl sites for hydroxylation is 1. The van der Waals surface area contributed by atoms with Gasteiger partial charge in [-0.25, -0.2) is 5.06 Å². The third kappa shape index (κ3) is 2.75. The lowest BCUT2D eigenvalue weighted by Gasteiger charge is -2.46. The molecule has 2 aliphatic heterocycles. The molecule has 2 aliphatic rings. The van der Waals surface area contributed by atoms with Crippen LogP contribution in [0.3, 0.4) is 0 Å². The number of rotatable bonds is 2. The van der Waals surface area contributed by atoms with Crippen molar-refractivity contribution in [1.82, 2.24) is 9.96 Å². The Labute approximate surface area is 141 Å². The molecule has 2 bridgehead atoms. The van der Waals surface area contributed by atoms with Crippen molar-refractivity contribution in [2.24, 2.45) is 0 Å². The summed E-state index contributed by atoms with van der Waals surface area (Å²) < 4.78 is 0. The highest BCUT2D eigenvalue weighted by atomic mass is 16.7. The van der Waals surface area contributed by atoms with E-state index in [1.807, 2.05) is 49.4 Å². The molecule has 3 atom stereocenters. The van der Waals surface area contributed by atoms with Gasteiger partial charge in [-0.1, -0.05) is 60.2 Å². The van der Waals surface area contributed by atoms with Gasteiger partial charge in [0, 0.05) is 12.1 Å². The van der Waals surface area contributed by atoms with Crippen LogP contribution < -0.4 is 0 Å². The van der Waals surface area contributed by atoms with Gasteiger partial charge in [-0.05, 0) is 24.6 Å². The Bertz CT molecular complexity index is 772. The zero-order valence-electron chi connectivity index (χ0n) is 13.6. The van der Waals surface area contributed by atoms with E-state index >= 15 is 0 Å². The summed E-state index contributed by atoms with van der Waals surface area (Å²) in [7, 11) is 0. The van der Waals surface area contributed by atoms with E-state index in [1.54, 1.807) is 0 Å². The van der Waals surface area contributed by atoms with E-state index < -0.39 is 0 Å². The highest BCUT2D eigenvalue weighted by molar-refractivity contribution is 5.93. The van der Waals surface area contributed by atoms with Gasteiger partial charge in [0.25, 0.3) is 5.91 Å². The number of fused-ring (bicyclic) bond motifs is 2. The van der Waals surface area contributed by atoms with Gasteiger partial charge in [0.15, 0.2) is 0 Å². The summed E-state index contributed by atoms with van der Waals surface area (Å²) in [5.74, 6) is -0.0875. The average Bonchev–Trinajstić information content (AvgIpc) is 2.60. The molecular formula is C20H20N2O2. The first-order valence-corrected chi connectivity index (χ1v) is 8.23. The standard InChI is InChI=1S/C20H20N2O2/c1-15-7-5-10-17(13-15)20(23)22-14-21-12-6-11-18(24-22)19(21)16-8-3-2-4-9-16/h2-11,13,18-19H,12,14H2,1H3. The van der Waals surface area contributed by atoms with E-state index in [-0.39, 0.29) is 18.1 Å². The van der Waals surface area contributed by atoms with Crippen LogP contribution in [0.5, 0.6) is 0 Å². The van der Waals surface area contributed by atoms with Gasteiger partial charge in [-0.15, -0.1) is 0 Å². The van der Waals surface area contributed by atoms with Crippen LogP contribution in [0.4, 0.5) is 0 Å². The maximum atomic E-state index is 12.8. The summed E-state index contributed by atoms with van der Waals surface area (Å²) in [6.07, 6.45) is 4.02. The molecule has 4 heteroatoms. The first-order valence-electron chi connectivity index (χ1n) is 8.23. The molecular weight excluding hydrogens is 300 g/mol. The van der Waals surface area contributed by atoms with Crippen LogP contribution in [0.25, 0.3) is 0 Å². The number of benzene rings is 2. The van der Waals surface area contributed by atoms with Crippen LogP contribution in [0.1, 0.15) is 27.5 Å². The van der Waals surface area contributed by atoms with E-state index in [2.05, 4.69) is 29.2 Å². The zero-order valence-corrected chi connectivity index (χ0v) is 13.6. The number of carbonyl (C=O) groups is 1. The Kier molecular flexibility index (Phi) is 3.92.